The zero-order valence-electron chi connectivity index (χ0n) is 18.6. The minimum atomic E-state index is 0.108. The number of hydrogen-bond donors (Lipinski definition) is 1. The fourth-order valence-electron chi connectivity index (χ4n) is 3.58. The number of carbonyl (C=O) groups excluding carboxylic acids is 1. The molecular formula is C23H34N4O2. The van der Waals surface area contributed by atoms with E-state index in [1.54, 1.807) is 0 Å². The quantitative estimate of drug-likeness (QED) is 0.769. The highest BCUT2D eigenvalue weighted by Gasteiger charge is 2.28. The maximum atomic E-state index is 13.2. The molecule has 1 aliphatic rings. The molecule has 0 saturated carbocycles. The van der Waals surface area contributed by atoms with Crippen LogP contribution in [0.5, 0.6) is 0 Å². The molecule has 1 N–H and O–H groups in total. The number of nitrogens with zero attached hydrogens (tertiary/aromatic N) is 3. The molecule has 0 spiro atoms. The maximum absolute atomic E-state index is 13.2. The summed E-state index contributed by atoms with van der Waals surface area (Å²) in [7, 11) is 0. The van der Waals surface area contributed by atoms with Crippen molar-refractivity contribution < 1.29 is 9.32 Å². The third-order valence-electron chi connectivity index (χ3n) is 5.47. The van der Waals surface area contributed by atoms with E-state index in [0.717, 1.165) is 42.0 Å². The molecular weight excluding hydrogens is 364 g/mol. The number of carbonyl (C=O) groups is 1. The molecule has 2 heterocycles. The van der Waals surface area contributed by atoms with E-state index in [1.807, 2.05) is 43.9 Å². The molecule has 0 bridgehead atoms. The molecule has 158 valence electrons. The monoisotopic (exact) mass is 398 g/mol. The van der Waals surface area contributed by atoms with Crippen molar-refractivity contribution in [2.45, 2.75) is 66.2 Å². The van der Waals surface area contributed by atoms with Gasteiger partial charge in [0.25, 0.3) is 5.91 Å². The SMILES string of the molecule is Cc1c(NCC(C)(C)C)cccc1C(=O)N1CCC(c2noc(C(C)C)n2)CC1. The molecule has 1 aromatic heterocycles. The normalized spacial score (nSPS) is 15.8. The molecule has 3 rings (SSSR count). The third-order valence-corrected chi connectivity index (χ3v) is 5.47. The van der Waals surface area contributed by atoms with Gasteiger partial charge in [-0.2, -0.15) is 4.98 Å². The number of nitrogens with one attached hydrogen (secondary N) is 1. The third kappa shape index (κ3) is 5.17. The Morgan fingerprint density at radius 3 is 2.55 bits per heavy atom. The summed E-state index contributed by atoms with van der Waals surface area (Å²) >= 11 is 0. The van der Waals surface area contributed by atoms with Crippen molar-refractivity contribution in [1.29, 1.82) is 0 Å². The van der Waals surface area contributed by atoms with Crippen LogP contribution in [0, 0.1) is 12.3 Å². The van der Waals surface area contributed by atoms with Gasteiger partial charge < -0.3 is 14.7 Å². The van der Waals surface area contributed by atoms with Crippen molar-refractivity contribution in [3.8, 4) is 0 Å². The molecule has 1 saturated heterocycles. The van der Waals surface area contributed by atoms with Crippen LogP contribution < -0.4 is 5.32 Å². The van der Waals surface area contributed by atoms with Gasteiger partial charge >= 0.3 is 0 Å². The maximum Gasteiger partial charge on any atom is 0.254 e. The van der Waals surface area contributed by atoms with Gasteiger partial charge in [0.1, 0.15) is 0 Å². The fourth-order valence-corrected chi connectivity index (χ4v) is 3.58. The summed E-state index contributed by atoms with van der Waals surface area (Å²) in [4.78, 5) is 19.7. The van der Waals surface area contributed by atoms with Crippen LogP contribution in [-0.2, 0) is 0 Å². The average Bonchev–Trinajstić information content (AvgIpc) is 3.17. The van der Waals surface area contributed by atoms with Crippen LogP contribution in [0.15, 0.2) is 22.7 Å². The topological polar surface area (TPSA) is 71.3 Å². The molecule has 0 radical (unpaired) electrons. The first-order valence-electron chi connectivity index (χ1n) is 10.6. The molecule has 6 nitrogen and oxygen atoms in total. The molecule has 0 aliphatic carbocycles. The molecule has 0 atom stereocenters. The summed E-state index contributed by atoms with van der Waals surface area (Å²) in [5.74, 6) is 2.08. The molecule has 1 aromatic carbocycles. The highest BCUT2D eigenvalue weighted by atomic mass is 16.5. The van der Waals surface area contributed by atoms with Crippen molar-refractivity contribution in [2.24, 2.45) is 5.41 Å². The summed E-state index contributed by atoms with van der Waals surface area (Å²) in [6.07, 6.45) is 1.73. The first kappa shape index (κ1) is 21.3. The average molecular weight is 399 g/mol. The fraction of sp³-hybridized carbons (Fsp3) is 0.609. The molecule has 1 amide bonds. The van der Waals surface area contributed by atoms with E-state index in [0.29, 0.717) is 19.0 Å². The Morgan fingerprint density at radius 1 is 1.28 bits per heavy atom. The van der Waals surface area contributed by atoms with E-state index in [4.69, 9.17) is 4.52 Å². The zero-order valence-corrected chi connectivity index (χ0v) is 18.6. The predicted octanol–water partition coefficient (Wildman–Crippen LogP) is 4.98. The number of rotatable bonds is 5. The Balaban J connectivity index is 1.64. The number of likely N-dealkylation sites (tertiary alicyclic amines) is 1. The number of amides is 1. The van der Waals surface area contributed by atoms with Gasteiger partial charge in [0.05, 0.1) is 0 Å². The Hall–Kier alpha value is -2.37. The van der Waals surface area contributed by atoms with Gasteiger partial charge in [-0.25, -0.2) is 0 Å². The van der Waals surface area contributed by atoms with Gasteiger partial charge in [-0.15, -0.1) is 0 Å². The summed E-state index contributed by atoms with van der Waals surface area (Å²) in [5.41, 5.74) is 3.01. The largest absolute Gasteiger partial charge is 0.384 e. The van der Waals surface area contributed by atoms with E-state index in [9.17, 15) is 4.79 Å². The lowest BCUT2D eigenvalue weighted by atomic mass is 9.94. The van der Waals surface area contributed by atoms with Crippen LogP contribution in [0.25, 0.3) is 0 Å². The molecule has 1 aliphatic heterocycles. The van der Waals surface area contributed by atoms with Gasteiger partial charge in [0, 0.05) is 42.7 Å². The lowest BCUT2D eigenvalue weighted by Gasteiger charge is -2.31. The second-order valence-electron chi connectivity index (χ2n) is 9.60. The Morgan fingerprint density at radius 2 is 1.97 bits per heavy atom. The second kappa shape index (κ2) is 8.56. The Labute approximate surface area is 174 Å². The van der Waals surface area contributed by atoms with E-state index in [1.165, 1.54) is 0 Å². The van der Waals surface area contributed by atoms with Crippen LogP contribution in [0.2, 0.25) is 0 Å². The first-order valence-corrected chi connectivity index (χ1v) is 10.6. The summed E-state index contributed by atoms with van der Waals surface area (Å²) < 4.78 is 5.35. The van der Waals surface area contributed by atoms with Gasteiger partial charge in [-0.1, -0.05) is 45.8 Å². The van der Waals surface area contributed by atoms with Crippen molar-refractivity contribution in [2.75, 3.05) is 25.0 Å². The predicted molar refractivity (Wildman–Crippen MR) is 115 cm³/mol. The standard InChI is InChI=1S/C23H34N4O2/c1-15(2)21-25-20(26-29-21)17-10-12-27(13-11-17)22(28)18-8-7-9-19(16(18)3)24-14-23(4,5)6/h7-9,15,17,24H,10-14H2,1-6H3. The first-order chi connectivity index (χ1) is 13.7. The van der Waals surface area contributed by atoms with Crippen LogP contribution in [0.1, 0.15) is 86.9 Å². The second-order valence-corrected chi connectivity index (χ2v) is 9.60. The van der Waals surface area contributed by atoms with E-state index < -0.39 is 0 Å². The van der Waals surface area contributed by atoms with E-state index >= 15 is 0 Å². The molecule has 1 fully saturated rings. The van der Waals surface area contributed by atoms with Crippen LogP contribution >= 0.6 is 0 Å². The van der Waals surface area contributed by atoms with Gasteiger partial charge in [-0.3, -0.25) is 4.79 Å². The van der Waals surface area contributed by atoms with Crippen molar-refractivity contribution in [1.82, 2.24) is 15.0 Å². The van der Waals surface area contributed by atoms with Gasteiger partial charge in [0.2, 0.25) is 5.89 Å². The van der Waals surface area contributed by atoms with Gasteiger partial charge in [0.15, 0.2) is 5.82 Å². The molecule has 2 aromatic rings. The number of aromatic nitrogens is 2. The number of hydrogen-bond acceptors (Lipinski definition) is 5. The number of anilines is 1. The minimum absolute atomic E-state index is 0.108. The minimum Gasteiger partial charge on any atom is -0.384 e. The van der Waals surface area contributed by atoms with Crippen LogP contribution in [0.3, 0.4) is 0 Å². The molecule has 0 unspecified atom stereocenters. The summed E-state index contributed by atoms with van der Waals surface area (Å²) in [5, 5.41) is 7.65. The van der Waals surface area contributed by atoms with Crippen LogP contribution in [0.4, 0.5) is 5.69 Å². The van der Waals surface area contributed by atoms with Crippen molar-refractivity contribution in [3.05, 3.63) is 41.0 Å². The lowest BCUT2D eigenvalue weighted by molar-refractivity contribution is 0.0710. The van der Waals surface area contributed by atoms with Crippen molar-refractivity contribution >= 4 is 11.6 Å². The highest BCUT2D eigenvalue weighted by Crippen LogP contribution is 2.29. The summed E-state index contributed by atoms with van der Waals surface area (Å²) in [6.45, 7) is 15.0. The number of piperidine rings is 1. The van der Waals surface area contributed by atoms with Gasteiger partial charge in [-0.05, 0) is 42.9 Å². The Kier molecular flexibility index (Phi) is 6.30. The van der Waals surface area contributed by atoms with Crippen molar-refractivity contribution in [3.63, 3.8) is 0 Å². The zero-order chi connectivity index (χ0) is 21.2. The smallest absolute Gasteiger partial charge is 0.254 e. The highest BCUT2D eigenvalue weighted by molar-refractivity contribution is 5.97. The lowest BCUT2D eigenvalue weighted by Crippen LogP contribution is -2.38. The van der Waals surface area contributed by atoms with Crippen LogP contribution in [-0.4, -0.2) is 40.6 Å². The van der Waals surface area contributed by atoms with E-state index in [2.05, 4.69) is 36.2 Å². The Bertz CT molecular complexity index is 843. The number of benzene rings is 1. The summed E-state index contributed by atoms with van der Waals surface area (Å²) in [6, 6.07) is 5.94. The molecule has 29 heavy (non-hydrogen) atoms. The van der Waals surface area contributed by atoms with E-state index in [-0.39, 0.29) is 23.2 Å². The molecule has 6 heteroatoms.